The average molecular weight is 228 g/mol. The van der Waals surface area contributed by atoms with E-state index in [-0.39, 0.29) is 1.43 Å². The molecule has 0 spiro atoms. The highest BCUT2D eigenvalue weighted by Crippen LogP contribution is 2.05. The normalized spacial score (nSPS) is 7.25. The lowest BCUT2D eigenvalue weighted by atomic mass is 10.1. The van der Waals surface area contributed by atoms with Crippen molar-refractivity contribution in [1.82, 2.24) is 5.32 Å². The minimum Gasteiger partial charge on any atom is -0.316 e. The highest BCUT2D eigenvalue weighted by atomic mass is 14.8. The SMILES string of the molecule is CC.CC.CC.CNCc1ccccc1C.[2HH]. The molecule has 0 heterocycles. The predicted molar refractivity (Wildman–Crippen MR) is 80.1 cm³/mol. The van der Waals surface area contributed by atoms with Crippen LogP contribution in [-0.4, -0.2) is 7.05 Å². The Morgan fingerprint density at radius 3 is 1.75 bits per heavy atom. The van der Waals surface area contributed by atoms with E-state index in [0.29, 0.717) is 0 Å². The van der Waals surface area contributed by atoms with E-state index in [1.165, 1.54) is 11.1 Å². The lowest BCUT2D eigenvalue weighted by Gasteiger charge is -2.02. The van der Waals surface area contributed by atoms with Crippen molar-refractivity contribution in [2.24, 2.45) is 0 Å². The van der Waals surface area contributed by atoms with Crippen LogP contribution in [0.2, 0.25) is 0 Å². The maximum absolute atomic E-state index is 3.12. The Morgan fingerprint density at radius 1 is 0.938 bits per heavy atom. The first-order valence-corrected chi connectivity index (χ1v) is 6.53. The van der Waals surface area contributed by atoms with Gasteiger partial charge in [0.15, 0.2) is 0 Å². The van der Waals surface area contributed by atoms with E-state index in [2.05, 4.69) is 36.5 Å². The van der Waals surface area contributed by atoms with E-state index in [9.17, 15) is 0 Å². The molecular formula is C15H33N. The maximum atomic E-state index is 3.12. The van der Waals surface area contributed by atoms with Gasteiger partial charge in [-0.2, -0.15) is 0 Å². The number of hydrogen-bond donors (Lipinski definition) is 1. The molecule has 0 aromatic heterocycles. The molecule has 1 aromatic rings. The molecule has 0 fully saturated rings. The second kappa shape index (κ2) is 19.7. The molecule has 0 saturated heterocycles. The summed E-state index contributed by atoms with van der Waals surface area (Å²) < 4.78 is 0. The van der Waals surface area contributed by atoms with E-state index in [4.69, 9.17) is 0 Å². The molecule has 16 heavy (non-hydrogen) atoms. The van der Waals surface area contributed by atoms with E-state index in [0.717, 1.165) is 6.54 Å². The summed E-state index contributed by atoms with van der Waals surface area (Å²) in [5.74, 6) is 0. The molecule has 0 radical (unpaired) electrons. The van der Waals surface area contributed by atoms with E-state index < -0.39 is 0 Å². The zero-order valence-electron chi connectivity index (χ0n) is 12.5. The van der Waals surface area contributed by atoms with Crippen LogP contribution >= 0.6 is 0 Å². The number of aryl methyl sites for hydroxylation is 1. The molecular weight excluding hydrogens is 194 g/mol. The fraction of sp³-hybridized carbons (Fsp3) is 0.600. The van der Waals surface area contributed by atoms with Crippen molar-refractivity contribution < 1.29 is 1.43 Å². The molecule has 0 bridgehead atoms. The highest BCUT2D eigenvalue weighted by Gasteiger charge is 1.91. The summed E-state index contributed by atoms with van der Waals surface area (Å²) in [6, 6.07) is 8.41. The Bertz CT molecular complexity index is 212. The van der Waals surface area contributed by atoms with Gasteiger partial charge in [-0.3, -0.25) is 0 Å². The maximum Gasteiger partial charge on any atom is 0.0205 e. The summed E-state index contributed by atoms with van der Waals surface area (Å²) in [5, 5.41) is 3.12. The molecule has 98 valence electrons. The fourth-order valence-corrected chi connectivity index (χ4v) is 0.999. The summed E-state index contributed by atoms with van der Waals surface area (Å²) in [6.07, 6.45) is 0. The summed E-state index contributed by atoms with van der Waals surface area (Å²) in [6.45, 7) is 15.1. The van der Waals surface area contributed by atoms with Gasteiger partial charge in [-0.25, -0.2) is 0 Å². The van der Waals surface area contributed by atoms with Gasteiger partial charge in [0.1, 0.15) is 0 Å². The molecule has 0 atom stereocenters. The summed E-state index contributed by atoms with van der Waals surface area (Å²) in [4.78, 5) is 0. The average Bonchev–Trinajstić information content (AvgIpc) is 2.40. The van der Waals surface area contributed by atoms with Crippen molar-refractivity contribution in [3.63, 3.8) is 0 Å². The van der Waals surface area contributed by atoms with Crippen molar-refractivity contribution in [2.75, 3.05) is 7.05 Å². The molecule has 0 saturated carbocycles. The van der Waals surface area contributed by atoms with Crippen LogP contribution in [0.15, 0.2) is 24.3 Å². The number of rotatable bonds is 2. The van der Waals surface area contributed by atoms with E-state index >= 15 is 0 Å². The van der Waals surface area contributed by atoms with Crippen LogP contribution in [0.4, 0.5) is 0 Å². The van der Waals surface area contributed by atoms with Gasteiger partial charge in [-0.1, -0.05) is 65.8 Å². The summed E-state index contributed by atoms with van der Waals surface area (Å²) in [7, 11) is 1.96. The first kappa shape index (κ1) is 20.6. The van der Waals surface area contributed by atoms with Gasteiger partial charge in [0.2, 0.25) is 0 Å². The van der Waals surface area contributed by atoms with Gasteiger partial charge >= 0.3 is 0 Å². The van der Waals surface area contributed by atoms with Gasteiger partial charge in [0, 0.05) is 7.97 Å². The standard InChI is InChI=1S/C9H13N.3C2H6.H2/c1-8-5-3-4-6-9(8)7-10-2;3*1-2;/h3-6,10H,7H2,1-2H3;3*1-2H3;1H/i;;;;1+1. The lowest BCUT2D eigenvalue weighted by Crippen LogP contribution is -2.05. The molecule has 0 unspecified atom stereocenters. The van der Waals surface area contributed by atoms with Crippen LogP contribution < -0.4 is 5.32 Å². The quantitative estimate of drug-likeness (QED) is 0.748. The third-order valence-electron chi connectivity index (χ3n) is 1.63. The van der Waals surface area contributed by atoms with Crippen molar-refractivity contribution in [2.45, 2.75) is 55.0 Å². The predicted octanol–water partition coefficient (Wildman–Crippen LogP) is 5.04. The van der Waals surface area contributed by atoms with Gasteiger partial charge in [0.25, 0.3) is 0 Å². The van der Waals surface area contributed by atoms with Gasteiger partial charge < -0.3 is 5.32 Å². The summed E-state index contributed by atoms with van der Waals surface area (Å²) in [5.41, 5.74) is 2.74. The number of nitrogens with one attached hydrogen (secondary N) is 1. The minimum absolute atomic E-state index is 0. The van der Waals surface area contributed by atoms with Crippen LogP contribution in [-0.2, 0) is 6.54 Å². The smallest absolute Gasteiger partial charge is 0.0205 e. The molecule has 1 rings (SSSR count). The monoisotopic (exact) mass is 228 g/mol. The Balaban J connectivity index is -0.000000106. The molecule has 0 aliphatic carbocycles. The third kappa shape index (κ3) is 11.3. The lowest BCUT2D eigenvalue weighted by molar-refractivity contribution is 0.812. The van der Waals surface area contributed by atoms with Crippen molar-refractivity contribution in [3.05, 3.63) is 35.4 Å². The largest absolute Gasteiger partial charge is 0.316 e. The Hall–Kier alpha value is -0.820. The Labute approximate surface area is 105 Å². The van der Waals surface area contributed by atoms with Crippen LogP contribution in [0, 0.1) is 6.92 Å². The van der Waals surface area contributed by atoms with Crippen molar-refractivity contribution in [1.29, 1.82) is 0 Å². The Morgan fingerprint density at radius 2 is 1.38 bits per heavy atom. The number of benzene rings is 1. The molecule has 1 N–H and O–H groups in total. The highest BCUT2D eigenvalue weighted by molar-refractivity contribution is 5.25. The van der Waals surface area contributed by atoms with Crippen LogP contribution in [0.25, 0.3) is 0 Å². The molecule has 0 amide bonds. The van der Waals surface area contributed by atoms with E-state index in [1.807, 2.05) is 48.6 Å². The summed E-state index contributed by atoms with van der Waals surface area (Å²) >= 11 is 0. The molecule has 1 heteroatoms. The Kier molecular flexibility index (Phi) is 25.3. The van der Waals surface area contributed by atoms with E-state index in [1.54, 1.807) is 0 Å². The minimum atomic E-state index is 0. The molecule has 0 aliphatic rings. The zero-order valence-corrected chi connectivity index (χ0v) is 12.5. The van der Waals surface area contributed by atoms with Gasteiger partial charge in [-0.15, -0.1) is 0 Å². The molecule has 1 nitrogen and oxygen atoms in total. The molecule has 1 aromatic carbocycles. The fourth-order valence-electron chi connectivity index (χ4n) is 0.999. The van der Waals surface area contributed by atoms with Crippen molar-refractivity contribution in [3.8, 4) is 0 Å². The second-order valence-electron chi connectivity index (χ2n) is 2.46. The topological polar surface area (TPSA) is 12.0 Å². The first-order valence-electron chi connectivity index (χ1n) is 6.53. The van der Waals surface area contributed by atoms with Gasteiger partial charge in [0.05, 0.1) is 0 Å². The first-order chi connectivity index (χ1) is 7.84. The zero-order chi connectivity index (χ0) is 13.4. The van der Waals surface area contributed by atoms with Crippen molar-refractivity contribution >= 4 is 0 Å². The van der Waals surface area contributed by atoms with Crippen LogP contribution in [0.1, 0.15) is 54.1 Å². The molecule has 0 aliphatic heterocycles. The van der Waals surface area contributed by atoms with Crippen LogP contribution in [0.5, 0.6) is 0 Å². The second-order valence-corrected chi connectivity index (χ2v) is 2.46. The number of hydrogen-bond acceptors (Lipinski definition) is 1. The van der Waals surface area contributed by atoms with Crippen LogP contribution in [0.3, 0.4) is 0 Å². The van der Waals surface area contributed by atoms with Gasteiger partial charge in [-0.05, 0) is 25.1 Å². The third-order valence-corrected chi connectivity index (χ3v) is 1.63.